The second-order valence-electron chi connectivity index (χ2n) is 5.61. The van der Waals surface area contributed by atoms with Crippen molar-refractivity contribution in [3.05, 3.63) is 34.8 Å². The molecule has 0 atom stereocenters. The molecule has 2 rings (SSSR count). The number of carbonyl (C=O) groups excluding carboxylic acids is 1. The summed E-state index contributed by atoms with van der Waals surface area (Å²) in [5, 5.41) is 3.15. The molecule has 0 aliphatic rings. The molecule has 120 valence electrons. The summed E-state index contributed by atoms with van der Waals surface area (Å²) in [7, 11) is 0. The monoisotopic (exact) mass is 306 g/mol. The molecule has 2 aromatic rings. The molecule has 0 aliphatic carbocycles. The first-order valence-electron chi connectivity index (χ1n) is 7.46. The highest BCUT2D eigenvalue weighted by atomic mass is 16.5. The van der Waals surface area contributed by atoms with Crippen molar-refractivity contribution in [2.45, 2.75) is 39.3 Å². The van der Waals surface area contributed by atoms with Gasteiger partial charge in [-0.05, 0) is 45.9 Å². The third-order valence-electron chi connectivity index (χ3n) is 3.48. The number of nitrogens with one attached hydrogen (secondary N) is 1. The lowest BCUT2D eigenvalue weighted by molar-refractivity contribution is -0.149. The zero-order valence-electron chi connectivity index (χ0n) is 13.2. The molecule has 1 N–H and O–H groups in total. The summed E-state index contributed by atoms with van der Waals surface area (Å²) in [4.78, 5) is 23.6. The predicted molar refractivity (Wildman–Crippen MR) is 83.8 cm³/mol. The van der Waals surface area contributed by atoms with Gasteiger partial charge in [-0.1, -0.05) is 12.1 Å². The van der Waals surface area contributed by atoms with Crippen LogP contribution < -0.4 is 11.1 Å². The topological polar surface area (TPSA) is 73.5 Å². The first-order valence-corrected chi connectivity index (χ1v) is 7.46. The molecule has 1 heterocycles. The van der Waals surface area contributed by atoms with E-state index in [0.29, 0.717) is 31.7 Å². The third kappa shape index (κ3) is 3.57. The summed E-state index contributed by atoms with van der Waals surface area (Å²) in [6.07, 6.45) is 0.701. The van der Waals surface area contributed by atoms with E-state index in [2.05, 4.69) is 5.32 Å². The Kier molecular flexibility index (Phi) is 5.03. The van der Waals surface area contributed by atoms with Gasteiger partial charge in [0.2, 0.25) is 0 Å². The molecular formula is C16H22N2O4. The summed E-state index contributed by atoms with van der Waals surface area (Å²) in [5.74, 6) is -0.633. The zero-order chi connectivity index (χ0) is 16.2. The number of rotatable bonds is 7. The molecule has 22 heavy (non-hydrogen) atoms. The van der Waals surface area contributed by atoms with Crippen LogP contribution in [0.5, 0.6) is 0 Å². The molecule has 1 aromatic heterocycles. The van der Waals surface area contributed by atoms with Crippen LogP contribution in [0.3, 0.4) is 0 Å². The number of hydrogen-bond acceptors (Lipinski definition) is 5. The van der Waals surface area contributed by atoms with Crippen LogP contribution in [0.2, 0.25) is 0 Å². The summed E-state index contributed by atoms with van der Waals surface area (Å²) in [6, 6.07) is 7.33. The Balaban J connectivity index is 1.92. The number of aromatic nitrogens is 1. The largest absolute Gasteiger partial charge is 0.465 e. The number of oxazole rings is 1. The minimum atomic E-state index is -0.737. The van der Waals surface area contributed by atoms with Crippen LogP contribution in [0.15, 0.2) is 33.5 Å². The fourth-order valence-corrected chi connectivity index (χ4v) is 2.25. The van der Waals surface area contributed by atoms with Crippen molar-refractivity contribution < 1.29 is 13.9 Å². The van der Waals surface area contributed by atoms with Gasteiger partial charge in [0.1, 0.15) is 5.54 Å². The lowest BCUT2D eigenvalue weighted by atomic mass is 10.1. The van der Waals surface area contributed by atoms with E-state index in [-0.39, 0.29) is 11.7 Å². The quantitative estimate of drug-likeness (QED) is 0.625. The van der Waals surface area contributed by atoms with Gasteiger partial charge in [0.15, 0.2) is 5.58 Å². The molecule has 0 bridgehead atoms. The van der Waals surface area contributed by atoms with Crippen molar-refractivity contribution in [2.24, 2.45) is 0 Å². The third-order valence-corrected chi connectivity index (χ3v) is 3.48. The van der Waals surface area contributed by atoms with Crippen LogP contribution in [-0.2, 0) is 16.1 Å². The van der Waals surface area contributed by atoms with Crippen LogP contribution >= 0.6 is 0 Å². The van der Waals surface area contributed by atoms with Crippen molar-refractivity contribution >= 4 is 17.1 Å². The molecule has 1 aromatic carbocycles. The molecule has 0 spiro atoms. The minimum absolute atomic E-state index is 0.277. The lowest BCUT2D eigenvalue weighted by Crippen LogP contribution is -2.48. The van der Waals surface area contributed by atoms with Crippen LogP contribution in [0.25, 0.3) is 11.1 Å². The van der Waals surface area contributed by atoms with Crippen molar-refractivity contribution in [2.75, 3.05) is 13.2 Å². The highest BCUT2D eigenvalue weighted by Gasteiger charge is 2.27. The van der Waals surface area contributed by atoms with Crippen LogP contribution in [0.4, 0.5) is 0 Å². The summed E-state index contributed by atoms with van der Waals surface area (Å²) in [6.45, 7) is 6.83. The van der Waals surface area contributed by atoms with E-state index < -0.39 is 5.54 Å². The Morgan fingerprint density at radius 1 is 1.36 bits per heavy atom. The number of fused-ring (bicyclic) bond motifs is 1. The van der Waals surface area contributed by atoms with Gasteiger partial charge in [-0.2, -0.15) is 0 Å². The normalized spacial score (nSPS) is 11.8. The van der Waals surface area contributed by atoms with Gasteiger partial charge in [-0.3, -0.25) is 9.36 Å². The summed E-state index contributed by atoms with van der Waals surface area (Å²) >= 11 is 0. The second kappa shape index (κ2) is 6.79. The van der Waals surface area contributed by atoms with Gasteiger partial charge in [0.05, 0.1) is 12.1 Å². The van der Waals surface area contributed by atoms with Crippen LogP contribution in [0.1, 0.15) is 27.2 Å². The first-order chi connectivity index (χ1) is 10.5. The number of esters is 1. The fourth-order valence-electron chi connectivity index (χ4n) is 2.25. The number of aryl methyl sites for hydroxylation is 1. The number of nitrogens with zero attached hydrogens (tertiary/aromatic N) is 1. The Morgan fingerprint density at radius 2 is 2.09 bits per heavy atom. The standard InChI is InChI=1S/C16H22N2O4/c1-4-21-14(19)16(2,3)17-10-7-11-18-12-8-5-6-9-13(12)22-15(18)20/h5-6,8-9,17H,4,7,10-11H2,1-3H3. The molecule has 6 nitrogen and oxygen atoms in total. The maximum Gasteiger partial charge on any atom is 0.419 e. The van der Waals surface area contributed by atoms with E-state index in [0.717, 1.165) is 5.52 Å². The zero-order valence-corrected chi connectivity index (χ0v) is 13.2. The maximum atomic E-state index is 11.8. The number of ether oxygens (including phenoxy) is 1. The molecule has 0 unspecified atom stereocenters. The molecule has 0 aliphatic heterocycles. The second-order valence-corrected chi connectivity index (χ2v) is 5.61. The Hall–Kier alpha value is -2.08. The average molecular weight is 306 g/mol. The predicted octanol–water partition coefficient (Wildman–Crippen LogP) is 1.92. The van der Waals surface area contributed by atoms with Crippen molar-refractivity contribution in [1.82, 2.24) is 9.88 Å². The Labute approximate surface area is 129 Å². The van der Waals surface area contributed by atoms with Crippen molar-refractivity contribution in [3.63, 3.8) is 0 Å². The van der Waals surface area contributed by atoms with E-state index >= 15 is 0 Å². The van der Waals surface area contributed by atoms with Crippen LogP contribution in [-0.4, -0.2) is 29.2 Å². The molecule has 0 saturated heterocycles. The maximum absolute atomic E-state index is 11.8. The Morgan fingerprint density at radius 3 is 2.82 bits per heavy atom. The highest BCUT2D eigenvalue weighted by Crippen LogP contribution is 2.12. The van der Waals surface area contributed by atoms with E-state index in [9.17, 15) is 9.59 Å². The molecule has 0 radical (unpaired) electrons. The van der Waals surface area contributed by atoms with Gasteiger partial charge in [0, 0.05) is 6.54 Å². The number of para-hydroxylation sites is 2. The summed E-state index contributed by atoms with van der Waals surface area (Å²) in [5.41, 5.74) is 0.642. The van der Waals surface area contributed by atoms with Crippen LogP contribution in [0, 0.1) is 0 Å². The van der Waals surface area contributed by atoms with Crippen molar-refractivity contribution in [1.29, 1.82) is 0 Å². The van der Waals surface area contributed by atoms with E-state index in [1.54, 1.807) is 31.4 Å². The fraction of sp³-hybridized carbons (Fsp3) is 0.500. The smallest absolute Gasteiger partial charge is 0.419 e. The highest BCUT2D eigenvalue weighted by molar-refractivity contribution is 5.79. The number of hydrogen-bond donors (Lipinski definition) is 1. The number of benzene rings is 1. The molecule has 0 fully saturated rings. The average Bonchev–Trinajstić information content (AvgIpc) is 2.79. The molecular weight excluding hydrogens is 284 g/mol. The van der Waals surface area contributed by atoms with Gasteiger partial charge in [-0.25, -0.2) is 4.79 Å². The van der Waals surface area contributed by atoms with E-state index in [1.165, 1.54) is 0 Å². The lowest BCUT2D eigenvalue weighted by Gasteiger charge is -2.23. The summed E-state index contributed by atoms with van der Waals surface area (Å²) < 4.78 is 11.8. The SMILES string of the molecule is CCOC(=O)C(C)(C)NCCCn1c(=O)oc2ccccc21. The number of carbonyl (C=O) groups is 1. The van der Waals surface area contributed by atoms with Crippen molar-refractivity contribution in [3.8, 4) is 0 Å². The molecule has 0 saturated carbocycles. The van der Waals surface area contributed by atoms with Gasteiger partial charge in [-0.15, -0.1) is 0 Å². The van der Waals surface area contributed by atoms with Gasteiger partial charge in [0.25, 0.3) is 0 Å². The minimum Gasteiger partial charge on any atom is -0.465 e. The van der Waals surface area contributed by atoms with E-state index in [1.807, 2.05) is 18.2 Å². The van der Waals surface area contributed by atoms with Gasteiger partial charge < -0.3 is 14.5 Å². The van der Waals surface area contributed by atoms with E-state index in [4.69, 9.17) is 9.15 Å². The Bertz CT molecular complexity index is 699. The van der Waals surface area contributed by atoms with Gasteiger partial charge >= 0.3 is 11.7 Å². The molecule has 6 heteroatoms. The first kappa shape index (κ1) is 16.3. The molecule has 0 amide bonds.